The molecule has 3 rings (SSSR count). The highest BCUT2D eigenvalue weighted by atomic mass is 35.5. The Morgan fingerprint density at radius 1 is 1.18 bits per heavy atom. The smallest absolute Gasteiger partial charge is 0.241 e. The van der Waals surface area contributed by atoms with Gasteiger partial charge >= 0.3 is 0 Å². The van der Waals surface area contributed by atoms with Gasteiger partial charge in [-0.3, -0.25) is 4.90 Å². The van der Waals surface area contributed by atoms with E-state index in [-0.39, 0.29) is 12.4 Å². The zero-order valence-corrected chi connectivity index (χ0v) is 13.8. The minimum Gasteiger partial charge on any atom is -0.338 e. The van der Waals surface area contributed by atoms with Gasteiger partial charge in [0.2, 0.25) is 11.7 Å². The maximum atomic E-state index is 5.60. The fourth-order valence-corrected chi connectivity index (χ4v) is 2.94. The topological polar surface area (TPSA) is 68.2 Å². The first-order valence-corrected chi connectivity index (χ1v) is 7.55. The molecule has 6 heteroatoms. The van der Waals surface area contributed by atoms with Crippen LogP contribution in [0.3, 0.4) is 0 Å². The molecule has 1 aromatic carbocycles. The molecule has 2 N–H and O–H groups in total. The van der Waals surface area contributed by atoms with Crippen LogP contribution in [-0.4, -0.2) is 27.1 Å². The van der Waals surface area contributed by atoms with Gasteiger partial charge in [0, 0.05) is 24.2 Å². The number of aromatic nitrogens is 2. The minimum absolute atomic E-state index is 0. The van der Waals surface area contributed by atoms with Crippen LogP contribution in [0.15, 0.2) is 28.8 Å². The summed E-state index contributed by atoms with van der Waals surface area (Å²) in [5, 5.41) is 4.09. The summed E-state index contributed by atoms with van der Waals surface area (Å²) in [7, 11) is 0. The lowest BCUT2D eigenvalue weighted by Gasteiger charge is -2.23. The lowest BCUT2D eigenvalue weighted by Crippen LogP contribution is -2.32. The predicted octanol–water partition coefficient (Wildman–Crippen LogP) is 2.99. The molecule has 5 nitrogen and oxygen atoms in total. The summed E-state index contributed by atoms with van der Waals surface area (Å²) in [6.07, 6.45) is 2.48. The molecule has 1 aliphatic heterocycles. The molecule has 22 heavy (non-hydrogen) atoms. The number of rotatable bonds is 4. The van der Waals surface area contributed by atoms with Crippen molar-refractivity contribution in [2.24, 2.45) is 5.73 Å². The third-order valence-corrected chi connectivity index (χ3v) is 4.37. The average molecular weight is 323 g/mol. The number of hydrogen-bond acceptors (Lipinski definition) is 5. The van der Waals surface area contributed by atoms with E-state index in [1.54, 1.807) is 0 Å². The van der Waals surface area contributed by atoms with Crippen molar-refractivity contribution in [3.05, 3.63) is 35.7 Å². The largest absolute Gasteiger partial charge is 0.338 e. The Balaban J connectivity index is 0.00000176. The quantitative estimate of drug-likeness (QED) is 0.937. The molecular formula is C16H23ClN4O. The van der Waals surface area contributed by atoms with Crippen molar-refractivity contribution in [2.75, 3.05) is 0 Å². The highest BCUT2D eigenvalue weighted by molar-refractivity contribution is 5.85. The molecule has 120 valence electrons. The minimum atomic E-state index is 0. The van der Waals surface area contributed by atoms with Gasteiger partial charge in [0.05, 0.1) is 6.54 Å². The maximum Gasteiger partial charge on any atom is 0.241 e. The molecular weight excluding hydrogens is 300 g/mol. The number of likely N-dealkylation sites (tertiary alicyclic amines) is 1. The zero-order chi connectivity index (χ0) is 14.8. The fourth-order valence-electron chi connectivity index (χ4n) is 2.94. The maximum absolute atomic E-state index is 5.60. The van der Waals surface area contributed by atoms with Crippen LogP contribution in [0, 0.1) is 0 Å². The van der Waals surface area contributed by atoms with E-state index in [1.807, 2.05) is 24.3 Å². The SMILES string of the molecule is CC1CCC(C)N1Cc1nc(-c2ccc(CN)cc2)no1.Cl. The van der Waals surface area contributed by atoms with Gasteiger partial charge in [-0.05, 0) is 32.3 Å². The van der Waals surface area contributed by atoms with Gasteiger partial charge in [0.15, 0.2) is 0 Å². The van der Waals surface area contributed by atoms with Crippen molar-refractivity contribution < 1.29 is 4.52 Å². The summed E-state index contributed by atoms with van der Waals surface area (Å²) < 4.78 is 5.41. The van der Waals surface area contributed by atoms with E-state index in [2.05, 4.69) is 28.9 Å². The molecule has 0 bridgehead atoms. The van der Waals surface area contributed by atoms with E-state index < -0.39 is 0 Å². The van der Waals surface area contributed by atoms with Gasteiger partial charge < -0.3 is 10.3 Å². The molecule has 2 aromatic rings. The van der Waals surface area contributed by atoms with E-state index in [0.717, 1.165) is 17.7 Å². The summed E-state index contributed by atoms with van der Waals surface area (Å²) >= 11 is 0. The lowest BCUT2D eigenvalue weighted by molar-refractivity contribution is 0.178. The molecule has 1 saturated heterocycles. The number of nitrogens with two attached hydrogens (primary N) is 1. The molecule has 0 radical (unpaired) electrons. The Kier molecular flexibility index (Phi) is 5.56. The summed E-state index contributed by atoms with van der Waals surface area (Å²) in [5.74, 6) is 1.33. The summed E-state index contributed by atoms with van der Waals surface area (Å²) in [4.78, 5) is 6.94. The molecule has 2 atom stereocenters. The number of nitrogens with zero attached hydrogens (tertiary/aromatic N) is 3. The van der Waals surface area contributed by atoms with Gasteiger partial charge in [-0.1, -0.05) is 29.4 Å². The highest BCUT2D eigenvalue weighted by Gasteiger charge is 2.28. The second-order valence-corrected chi connectivity index (χ2v) is 5.86. The van der Waals surface area contributed by atoms with E-state index in [0.29, 0.717) is 30.3 Å². The predicted molar refractivity (Wildman–Crippen MR) is 88.6 cm³/mol. The van der Waals surface area contributed by atoms with Crippen molar-refractivity contribution in [2.45, 2.75) is 51.9 Å². The number of halogens is 1. The van der Waals surface area contributed by atoms with E-state index in [9.17, 15) is 0 Å². The van der Waals surface area contributed by atoms with Crippen LogP contribution < -0.4 is 5.73 Å². The molecule has 1 aromatic heterocycles. The van der Waals surface area contributed by atoms with Crippen LogP contribution in [0.2, 0.25) is 0 Å². The molecule has 2 heterocycles. The Morgan fingerprint density at radius 3 is 2.41 bits per heavy atom. The molecule has 1 fully saturated rings. The third kappa shape index (κ3) is 3.48. The molecule has 0 aliphatic carbocycles. The van der Waals surface area contributed by atoms with Gasteiger partial charge in [-0.15, -0.1) is 12.4 Å². The molecule has 0 saturated carbocycles. The van der Waals surface area contributed by atoms with Crippen LogP contribution >= 0.6 is 12.4 Å². The van der Waals surface area contributed by atoms with Gasteiger partial charge in [-0.25, -0.2) is 0 Å². The lowest BCUT2D eigenvalue weighted by atomic mass is 10.1. The van der Waals surface area contributed by atoms with E-state index in [4.69, 9.17) is 10.3 Å². The first kappa shape index (κ1) is 16.9. The first-order chi connectivity index (χ1) is 10.2. The number of benzene rings is 1. The third-order valence-electron chi connectivity index (χ3n) is 4.37. The van der Waals surface area contributed by atoms with E-state index in [1.165, 1.54) is 12.8 Å². The van der Waals surface area contributed by atoms with Gasteiger partial charge in [-0.2, -0.15) is 4.98 Å². The normalized spacial score (nSPS) is 21.8. The Hall–Kier alpha value is -1.43. The summed E-state index contributed by atoms with van der Waals surface area (Å²) in [6.45, 7) is 5.79. The van der Waals surface area contributed by atoms with Gasteiger partial charge in [0.25, 0.3) is 0 Å². The molecule has 0 spiro atoms. The number of hydrogen-bond donors (Lipinski definition) is 1. The van der Waals surface area contributed by atoms with Crippen molar-refractivity contribution in [3.63, 3.8) is 0 Å². The zero-order valence-electron chi connectivity index (χ0n) is 13.0. The van der Waals surface area contributed by atoms with Crippen LogP contribution in [0.4, 0.5) is 0 Å². The molecule has 1 aliphatic rings. The standard InChI is InChI=1S/C16H22N4O.ClH/c1-11-3-4-12(2)20(11)10-15-18-16(19-21-15)14-7-5-13(9-17)6-8-14;/h5-8,11-12H,3-4,9-10,17H2,1-2H3;1H. The van der Waals surface area contributed by atoms with E-state index >= 15 is 0 Å². The Labute approximate surface area is 137 Å². The van der Waals surface area contributed by atoms with Crippen molar-refractivity contribution in [1.82, 2.24) is 15.0 Å². The average Bonchev–Trinajstić information content (AvgIpc) is 3.10. The van der Waals surface area contributed by atoms with Crippen LogP contribution in [-0.2, 0) is 13.1 Å². The monoisotopic (exact) mass is 322 g/mol. The van der Waals surface area contributed by atoms with Crippen LogP contribution in [0.25, 0.3) is 11.4 Å². The summed E-state index contributed by atoms with van der Waals surface area (Å²) in [5.41, 5.74) is 7.67. The second kappa shape index (κ2) is 7.22. The van der Waals surface area contributed by atoms with Crippen molar-refractivity contribution >= 4 is 12.4 Å². The van der Waals surface area contributed by atoms with Crippen molar-refractivity contribution in [3.8, 4) is 11.4 Å². The van der Waals surface area contributed by atoms with Gasteiger partial charge in [0.1, 0.15) is 0 Å². The Bertz CT molecular complexity index is 588. The summed E-state index contributed by atoms with van der Waals surface area (Å²) in [6, 6.07) is 9.13. The second-order valence-electron chi connectivity index (χ2n) is 5.86. The van der Waals surface area contributed by atoms with Crippen LogP contribution in [0.1, 0.15) is 38.1 Å². The Morgan fingerprint density at radius 2 is 1.82 bits per heavy atom. The fraction of sp³-hybridized carbons (Fsp3) is 0.500. The van der Waals surface area contributed by atoms with Crippen LogP contribution in [0.5, 0.6) is 0 Å². The molecule has 0 amide bonds. The molecule has 2 unspecified atom stereocenters. The first-order valence-electron chi connectivity index (χ1n) is 7.55. The van der Waals surface area contributed by atoms with Crippen molar-refractivity contribution in [1.29, 1.82) is 0 Å². The highest BCUT2D eigenvalue weighted by Crippen LogP contribution is 2.25.